The number of carbonyl (C=O) groups is 1. The smallest absolute Gasteiger partial charge is 0.163 e. The SMILES string of the molecule is CC(=O)c1cc(Br)ccc1Oc1ccc(Cl)c(F)c1. The van der Waals surface area contributed by atoms with Crippen molar-refractivity contribution in [3.8, 4) is 11.5 Å². The predicted molar refractivity (Wildman–Crippen MR) is 75.6 cm³/mol. The van der Waals surface area contributed by atoms with Gasteiger partial charge < -0.3 is 4.74 Å². The van der Waals surface area contributed by atoms with Gasteiger partial charge in [-0.2, -0.15) is 0 Å². The molecule has 0 aliphatic carbocycles. The van der Waals surface area contributed by atoms with E-state index in [9.17, 15) is 9.18 Å². The normalized spacial score (nSPS) is 10.3. The van der Waals surface area contributed by atoms with Crippen LogP contribution < -0.4 is 4.74 Å². The van der Waals surface area contributed by atoms with E-state index in [2.05, 4.69) is 15.9 Å². The largest absolute Gasteiger partial charge is 0.457 e. The Hall–Kier alpha value is -1.39. The van der Waals surface area contributed by atoms with Crippen molar-refractivity contribution in [3.05, 3.63) is 57.3 Å². The lowest BCUT2D eigenvalue weighted by Gasteiger charge is -2.10. The van der Waals surface area contributed by atoms with Crippen LogP contribution in [0.25, 0.3) is 0 Å². The summed E-state index contributed by atoms with van der Waals surface area (Å²) in [5.74, 6) is -0.0458. The number of ether oxygens (including phenoxy) is 1. The van der Waals surface area contributed by atoms with Crippen LogP contribution in [0, 0.1) is 5.82 Å². The van der Waals surface area contributed by atoms with Crippen molar-refractivity contribution < 1.29 is 13.9 Å². The highest BCUT2D eigenvalue weighted by molar-refractivity contribution is 9.10. The Bertz CT molecular complexity index is 643. The number of rotatable bonds is 3. The third-order valence-electron chi connectivity index (χ3n) is 2.44. The molecule has 0 aliphatic rings. The molecule has 2 rings (SSSR count). The van der Waals surface area contributed by atoms with Crippen LogP contribution in [0.4, 0.5) is 4.39 Å². The third-order valence-corrected chi connectivity index (χ3v) is 3.24. The van der Waals surface area contributed by atoms with E-state index in [1.54, 1.807) is 18.2 Å². The molecule has 0 fully saturated rings. The Kier molecular flexibility index (Phi) is 4.22. The summed E-state index contributed by atoms with van der Waals surface area (Å²) in [6.45, 7) is 1.44. The lowest BCUT2D eigenvalue weighted by molar-refractivity contribution is 0.101. The van der Waals surface area contributed by atoms with Gasteiger partial charge in [0.2, 0.25) is 0 Å². The maximum Gasteiger partial charge on any atom is 0.163 e. The zero-order valence-electron chi connectivity index (χ0n) is 9.91. The molecular formula is C14H9BrClFO2. The van der Waals surface area contributed by atoms with Gasteiger partial charge in [-0.15, -0.1) is 0 Å². The minimum Gasteiger partial charge on any atom is -0.457 e. The van der Waals surface area contributed by atoms with Crippen LogP contribution in [-0.4, -0.2) is 5.78 Å². The van der Waals surface area contributed by atoms with Gasteiger partial charge >= 0.3 is 0 Å². The van der Waals surface area contributed by atoms with E-state index < -0.39 is 5.82 Å². The second-order valence-electron chi connectivity index (χ2n) is 3.87. The van der Waals surface area contributed by atoms with Gasteiger partial charge in [0.05, 0.1) is 10.6 Å². The van der Waals surface area contributed by atoms with E-state index in [0.717, 1.165) is 4.47 Å². The molecule has 0 spiro atoms. The van der Waals surface area contributed by atoms with Crippen LogP contribution >= 0.6 is 27.5 Å². The fourth-order valence-electron chi connectivity index (χ4n) is 1.53. The number of benzene rings is 2. The Morgan fingerprint density at radius 3 is 2.63 bits per heavy atom. The molecule has 0 saturated heterocycles. The first kappa shape index (κ1) is 14.0. The highest BCUT2D eigenvalue weighted by Gasteiger charge is 2.11. The van der Waals surface area contributed by atoms with Crippen LogP contribution in [0.15, 0.2) is 40.9 Å². The van der Waals surface area contributed by atoms with Gasteiger partial charge in [0.15, 0.2) is 5.78 Å². The predicted octanol–water partition coefficient (Wildman–Crippen LogP) is 5.24. The van der Waals surface area contributed by atoms with Gasteiger partial charge in [-0.3, -0.25) is 4.79 Å². The molecule has 2 aromatic rings. The first-order valence-corrected chi connectivity index (χ1v) is 6.58. The van der Waals surface area contributed by atoms with Gasteiger partial charge in [-0.05, 0) is 37.3 Å². The standard InChI is InChI=1S/C14H9BrClFO2/c1-8(18)11-6-9(15)2-5-14(11)19-10-3-4-12(16)13(17)7-10/h2-7H,1H3. The first-order valence-electron chi connectivity index (χ1n) is 5.41. The van der Waals surface area contributed by atoms with E-state index >= 15 is 0 Å². The molecule has 0 bridgehead atoms. The number of carbonyl (C=O) groups excluding carboxylic acids is 1. The fourth-order valence-corrected chi connectivity index (χ4v) is 2.01. The van der Waals surface area contributed by atoms with Gasteiger partial charge in [0, 0.05) is 10.5 Å². The van der Waals surface area contributed by atoms with Crippen molar-refractivity contribution in [2.75, 3.05) is 0 Å². The average molecular weight is 344 g/mol. The van der Waals surface area contributed by atoms with E-state index in [-0.39, 0.29) is 16.6 Å². The molecule has 0 saturated carbocycles. The van der Waals surface area contributed by atoms with Gasteiger partial charge in [0.25, 0.3) is 0 Å². The Labute approximate surface area is 123 Å². The molecule has 0 aliphatic heterocycles. The summed E-state index contributed by atoms with van der Waals surface area (Å²) in [5.41, 5.74) is 0.421. The molecule has 0 amide bonds. The van der Waals surface area contributed by atoms with Crippen molar-refractivity contribution in [2.45, 2.75) is 6.92 Å². The Morgan fingerprint density at radius 2 is 2.00 bits per heavy atom. The first-order chi connectivity index (χ1) is 8.97. The van der Waals surface area contributed by atoms with Gasteiger partial charge in [0.1, 0.15) is 17.3 Å². The topological polar surface area (TPSA) is 26.3 Å². The minimum absolute atomic E-state index is 0.0231. The molecule has 19 heavy (non-hydrogen) atoms. The van der Waals surface area contributed by atoms with E-state index in [4.69, 9.17) is 16.3 Å². The van der Waals surface area contributed by atoms with Gasteiger partial charge in [-0.1, -0.05) is 27.5 Å². The van der Waals surface area contributed by atoms with Crippen molar-refractivity contribution >= 4 is 33.3 Å². The summed E-state index contributed by atoms with van der Waals surface area (Å²) in [6, 6.07) is 9.16. The number of Topliss-reactive ketones (excluding diaryl/α,β-unsaturated/α-hetero) is 1. The highest BCUT2D eigenvalue weighted by atomic mass is 79.9. The summed E-state index contributed by atoms with van der Waals surface area (Å²) < 4.78 is 19.6. The summed E-state index contributed by atoms with van der Waals surface area (Å²) in [5, 5.41) is 0.0231. The number of hydrogen-bond acceptors (Lipinski definition) is 2. The van der Waals surface area contributed by atoms with E-state index in [0.29, 0.717) is 11.3 Å². The average Bonchev–Trinajstić information content (AvgIpc) is 2.36. The molecule has 98 valence electrons. The van der Waals surface area contributed by atoms with Crippen molar-refractivity contribution in [1.82, 2.24) is 0 Å². The zero-order chi connectivity index (χ0) is 14.0. The number of hydrogen-bond donors (Lipinski definition) is 0. The van der Waals surface area contributed by atoms with Crippen molar-refractivity contribution in [2.24, 2.45) is 0 Å². The van der Waals surface area contributed by atoms with Crippen molar-refractivity contribution in [1.29, 1.82) is 0 Å². The summed E-state index contributed by atoms with van der Waals surface area (Å²) in [4.78, 5) is 11.5. The summed E-state index contributed by atoms with van der Waals surface area (Å²) in [7, 11) is 0. The van der Waals surface area contributed by atoms with E-state index in [1.165, 1.54) is 25.1 Å². The second-order valence-corrected chi connectivity index (χ2v) is 5.20. The Balaban J connectivity index is 2.37. The summed E-state index contributed by atoms with van der Waals surface area (Å²) in [6.07, 6.45) is 0. The van der Waals surface area contributed by atoms with Crippen molar-refractivity contribution in [3.63, 3.8) is 0 Å². The monoisotopic (exact) mass is 342 g/mol. The lowest BCUT2D eigenvalue weighted by atomic mass is 10.1. The maximum absolute atomic E-state index is 13.3. The Morgan fingerprint density at radius 1 is 1.26 bits per heavy atom. The van der Waals surface area contributed by atoms with Gasteiger partial charge in [-0.25, -0.2) is 4.39 Å². The van der Waals surface area contributed by atoms with Crippen LogP contribution in [0.2, 0.25) is 5.02 Å². The minimum atomic E-state index is -0.569. The lowest BCUT2D eigenvalue weighted by Crippen LogP contribution is -1.97. The number of ketones is 1. The maximum atomic E-state index is 13.3. The van der Waals surface area contributed by atoms with Crippen LogP contribution in [0.3, 0.4) is 0 Å². The fraction of sp³-hybridized carbons (Fsp3) is 0.0714. The molecule has 0 aromatic heterocycles. The summed E-state index contributed by atoms with van der Waals surface area (Å²) >= 11 is 8.88. The molecule has 0 radical (unpaired) electrons. The molecule has 0 heterocycles. The number of halogens is 3. The van der Waals surface area contributed by atoms with Crippen LogP contribution in [0.5, 0.6) is 11.5 Å². The molecule has 5 heteroatoms. The molecular weight excluding hydrogens is 335 g/mol. The van der Waals surface area contributed by atoms with Crippen LogP contribution in [0.1, 0.15) is 17.3 Å². The molecule has 2 nitrogen and oxygen atoms in total. The molecule has 0 N–H and O–H groups in total. The quantitative estimate of drug-likeness (QED) is 0.713. The second kappa shape index (κ2) is 5.72. The van der Waals surface area contributed by atoms with Crippen LogP contribution in [-0.2, 0) is 0 Å². The molecule has 0 unspecified atom stereocenters. The third kappa shape index (κ3) is 3.33. The van der Waals surface area contributed by atoms with E-state index in [1.807, 2.05) is 0 Å². The highest BCUT2D eigenvalue weighted by Crippen LogP contribution is 2.30. The molecule has 2 aromatic carbocycles. The molecule has 0 atom stereocenters. The zero-order valence-corrected chi connectivity index (χ0v) is 12.3.